The number of carbonyl (C=O) groups excluding carboxylic acids is 2. The first-order valence-corrected chi connectivity index (χ1v) is 8.50. The summed E-state index contributed by atoms with van der Waals surface area (Å²) in [7, 11) is 0. The van der Waals surface area contributed by atoms with Gasteiger partial charge in [0.15, 0.2) is 0 Å². The van der Waals surface area contributed by atoms with Gasteiger partial charge in [-0.05, 0) is 60.5 Å². The van der Waals surface area contributed by atoms with Crippen LogP contribution in [0.3, 0.4) is 0 Å². The molecule has 0 fully saturated rings. The highest BCUT2D eigenvalue weighted by Gasteiger charge is 2.13. The molecule has 1 amide bonds. The zero-order chi connectivity index (χ0) is 19.9. The summed E-state index contributed by atoms with van der Waals surface area (Å²) in [5, 5.41) is 3.93. The zero-order valence-electron chi connectivity index (χ0n) is 15.1. The highest BCUT2D eigenvalue weighted by molar-refractivity contribution is 5.96. The smallest absolute Gasteiger partial charge is 0.346 e. The first kappa shape index (κ1) is 19.0. The molecule has 1 N–H and O–H groups in total. The molecule has 28 heavy (non-hydrogen) atoms. The van der Waals surface area contributed by atoms with E-state index in [2.05, 4.69) is 10.5 Å². The molecule has 5 nitrogen and oxygen atoms in total. The largest absolute Gasteiger partial charge is 0.423 e. The second-order valence-electron chi connectivity index (χ2n) is 5.95. The van der Waals surface area contributed by atoms with Crippen LogP contribution in [0.15, 0.2) is 77.9 Å². The van der Waals surface area contributed by atoms with E-state index in [4.69, 9.17) is 4.74 Å². The lowest BCUT2D eigenvalue weighted by Crippen LogP contribution is -2.18. The molecule has 3 aromatic carbocycles. The van der Waals surface area contributed by atoms with Gasteiger partial charge in [-0.25, -0.2) is 14.6 Å². The summed E-state index contributed by atoms with van der Waals surface area (Å²) in [6.07, 6.45) is 1.47. The topological polar surface area (TPSA) is 67.8 Å². The second-order valence-corrected chi connectivity index (χ2v) is 5.95. The average Bonchev–Trinajstić information content (AvgIpc) is 2.70. The van der Waals surface area contributed by atoms with Crippen molar-refractivity contribution in [3.05, 3.63) is 101 Å². The first-order chi connectivity index (χ1) is 13.5. The number of nitrogens with zero attached hydrogens (tertiary/aromatic N) is 1. The van der Waals surface area contributed by atoms with Crippen LogP contribution in [0.25, 0.3) is 0 Å². The third-order valence-corrected chi connectivity index (χ3v) is 3.95. The van der Waals surface area contributed by atoms with E-state index >= 15 is 0 Å². The monoisotopic (exact) mass is 376 g/mol. The highest BCUT2D eigenvalue weighted by atomic mass is 19.1. The Morgan fingerprint density at radius 3 is 2.25 bits per heavy atom. The van der Waals surface area contributed by atoms with Gasteiger partial charge in [-0.1, -0.05) is 30.3 Å². The lowest BCUT2D eigenvalue weighted by molar-refractivity contribution is 0.0729. The molecule has 3 aromatic rings. The van der Waals surface area contributed by atoms with Gasteiger partial charge in [-0.3, -0.25) is 4.79 Å². The number of nitrogens with one attached hydrogen (secondary N) is 1. The van der Waals surface area contributed by atoms with Crippen LogP contribution in [0.1, 0.15) is 31.8 Å². The van der Waals surface area contributed by atoms with Crippen molar-refractivity contribution in [2.24, 2.45) is 5.10 Å². The predicted octanol–water partition coefficient (Wildman–Crippen LogP) is 4.12. The van der Waals surface area contributed by atoms with Gasteiger partial charge in [0.1, 0.15) is 11.6 Å². The fourth-order valence-electron chi connectivity index (χ4n) is 2.46. The number of ether oxygens (including phenoxy) is 1. The Morgan fingerprint density at radius 2 is 1.57 bits per heavy atom. The van der Waals surface area contributed by atoms with Gasteiger partial charge in [0.25, 0.3) is 5.91 Å². The van der Waals surface area contributed by atoms with E-state index in [1.54, 1.807) is 42.5 Å². The van der Waals surface area contributed by atoms with E-state index in [9.17, 15) is 14.0 Å². The lowest BCUT2D eigenvalue weighted by atomic mass is 10.1. The number of hydrogen-bond donors (Lipinski definition) is 1. The summed E-state index contributed by atoms with van der Waals surface area (Å²) >= 11 is 0. The van der Waals surface area contributed by atoms with Gasteiger partial charge < -0.3 is 4.74 Å². The van der Waals surface area contributed by atoms with Crippen LogP contribution in [0, 0.1) is 12.7 Å². The fraction of sp³-hybridized carbons (Fsp3) is 0.0455. The molecule has 0 spiro atoms. The van der Waals surface area contributed by atoms with E-state index < -0.39 is 11.8 Å². The van der Waals surface area contributed by atoms with Gasteiger partial charge in [0.05, 0.1) is 11.8 Å². The van der Waals surface area contributed by atoms with Crippen molar-refractivity contribution < 1.29 is 18.7 Å². The van der Waals surface area contributed by atoms with E-state index in [0.717, 1.165) is 5.56 Å². The molecule has 3 rings (SSSR count). The fourth-order valence-corrected chi connectivity index (χ4v) is 2.46. The standard InChI is InChI=1S/C22H17FN2O3/c1-15-6-2-3-7-18(15)21(26)25-24-14-16-10-12-17(13-11-16)28-22(27)19-8-4-5-9-20(19)23/h2-14H,1H3,(H,25,26)/b24-14+. The molecule has 6 heteroatoms. The minimum atomic E-state index is -0.773. The van der Waals surface area contributed by atoms with Crippen molar-refractivity contribution in [2.45, 2.75) is 6.92 Å². The van der Waals surface area contributed by atoms with Crippen LogP contribution in [-0.2, 0) is 0 Å². The van der Waals surface area contributed by atoms with Crippen molar-refractivity contribution in [1.82, 2.24) is 5.43 Å². The summed E-state index contributed by atoms with van der Waals surface area (Å²) in [5.41, 5.74) is 4.43. The molecule has 0 aliphatic carbocycles. The van der Waals surface area contributed by atoms with E-state index in [1.165, 1.54) is 24.4 Å². The van der Waals surface area contributed by atoms with Gasteiger partial charge in [0, 0.05) is 5.56 Å². The summed E-state index contributed by atoms with van der Waals surface area (Å²) in [4.78, 5) is 24.1. The Hall–Kier alpha value is -3.80. The maximum absolute atomic E-state index is 13.6. The molecule has 0 saturated carbocycles. The van der Waals surface area contributed by atoms with Gasteiger partial charge in [-0.15, -0.1) is 0 Å². The van der Waals surface area contributed by atoms with Crippen LogP contribution >= 0.6 is 0 Å². The van der Waals surface area contributed by atoms with E-state index in [1.807, 2.05) is 19.1 Å². The molecule has 0 atom stereocenters. The number of aryl methyl sites for hydroxylation is 1. The van der Waals surface area contributed by atoms with Gasteiger partial charge >= 0.3 is 5.97 Å². The molecule has 0 unspecified atom stereocenters. The number of hydrogen-bond acceptors (Lipinski definition) is 4. The average molecular weight is 376 g/mol. The highest BCUT2D eigenvalue weighted by Crippen LogP contribution is 2.15. The Morgan fingerprint density at radius 1 is 0.929 bits per heavy atom. The number of carbonyl (C=O) groups is 2. The number of halogens is 1. The molecule has 140 valence electrons. The first-order valence-electron chi connectivity index (χ1n) is 8.50. The van der Waals surface area contributed by atoms with Crippen molar-refractivity contribution >= 4 is 18.1 Å². The van der Waals surface area contributed by atoms with Crippen LogP contribution in [0.2, 0.25) is 0 Å². The third kappa shape index (κ3) is 4.67. The molecule has 0 aliphatic rings. The Kier molecular flexibility index (Phi) is 5.91. The molecule has 0 radical (unpaired) electrons. The minimum absolute atomic E-state index is 0.132. The van der Waals surface area contributed by atoms with Crippen LogP contribution in [0.4, 0.5) is 4.39 Å². The normalized spacial score (nSPS) is 10.6. The number of esters is 1. The van der Waals surface area contributed by atoms with Crippen molar-refractivity contribution in [2.75, 3.05) is 0 Å². The van der Waals surface area contributed by atoms with Gasteiger partial charge in [-0.2, -0.15) is 5.10 Å². The SMILES string of the molecule is Cc1ccccc1C(=O)N/N=C/c1ccc(OC(=O)c2ccccc2F)cc1. The molecule has 0 aliphatic heterocycles. The summed E-state index contributed by atoms with van der Waals surface area (Å²) in [6, 6.07) is 19.3. The number of benzene rings is 3. The van der Waals surface area contributed by atoms with E-state index in [0.29, 0.717) is 11.1 Å². The van der Waals surface area contributed by atoms with Crippen molar-refractivity contribution in [1.29, 1.82) is 0 Å². The van der Waals surface area contributed by atoms with Crippen molar-refractivity contribution in [3.8, 4) is 5.75 Å². The molecule has 0 bridgehead atoms. The third-order valence-electron chi connectivity index (χ3n) is 3.95. The Labute approximate surface area is 161 Å². The van der Waals surface area contributed by atoms with Crippen LogP contribution in [-0.4, -0.2) is 18.1 Å². The molecule has 0 heterocycles. The Balaban J connectivity index is 1.59. The number of rotatable bonds is 5. The van der Waals surface area contributed by atoms with E-state index in [-0.39, 0.29) is 17.2 Å². The maximum atomic E-state index is 13.6. The molecule has 0 saturated heterocycles. The van der Waals surface area contributed by atoms with Crippen molar-refractivity contribution in [3.63, 3.8) is 0 Å². The summed E-state index contributed by atoms with van der Waals surface area (Å²) in [6.45, 7) is 1.85. The second kappa shape index (κ2) is 8.73. The molecular formula is C22H17FN2O3. The number of hydrazone groups is 1. The molecular weight excluding hydrogens is 359 g/mol. The minimum Gasteiger partial charge on any atom is -0.423 e. The van der Waals surface area contributed by atoms with Crippen LogP contribution in [0.5, 0.6) is 5.75 Å². The van der Waals surface area contributed by atoms with Crippen LogP contribution < -0.4 is 10.2 Å². The Bertz CT molecular complexity index is 1030. The predicted molar refractivity (Wildman–Crippen MR) is 104 cm³/mol. The molecule has 0 aromatic heterocycles. The van der Waals surface area contributed by atoms with Gasteiger partial charge in [0.2, 0.25) is 0 Å². The quantitative estimate of drug-likeness (QED) is 0.315. The zero-order valence-corrected chi connectivity index (χ0v) is 15.1. The summed E-state index contributed by atoms with van der Waals surface area (Å²) < 4.78 is 18.8. The maximum Gasteiger partial charge on any atom is 0.346 e. The lowest BCUT2D eigenvalue weighted by Gasteiger charge is -2.05. The summed E-state index contributed by atoms with van der Waals surface area (Å²) in [5.74, 6) is -1.44. The number of amides is 1.